The van der Waals surface area contributed by atoms with Gasteiger partial charge in [-0.15, -0.1) is 0 Å². The molecule has 0 amide bonds. The summed E-state index contributed by atoms with van der Waals surface area (Å²) in [7, 11) is 2.93. The van der Waals surface area contributed by atoms with Gasteiger partial charge in [0.25, 0.3) is 0 Å². The highest BCUT2D eigenvalue weighted by atomic mass is 16.6. The van der Waals surface area contributed by atoms with Gasteiger partial charge in [0.1, 0.15) is 5.75 Å². The molecule has 2 rings (SSSR count). The highest BCUT2D eigenvalue weighted by molar-refractivity contribution is 5.77. The molecule has 5 nitrogen and oxygen atoms in total. The van der Waals surface area contributed by atoms with Crippen LogP contribution in [-0.2, 0) is 19.0 Å². The Labute approximate surface area is 118 Å². The van der Waals surface area contributed by atoms with Crippen LogP contribution in [0.15, 0.2) is 24.3 Å². The van der Waals surface area contributed by atoms with Crippen molar-refractivity contribution in [2.75, 3.05) is 27.4 Å². The largest absolute Gasteiger partial charge is 0.496 e. The van der Waals surface area contributed by atoms with Crippen LogP contribution in [0.1, 0.15) is 24.5 Å². The number of hydrogen-bond donors (Lipinski definition) is 0. The van der Waals surface area contributed by atoms with Gasteiger partial charge in [-0.3, -0.25) is 0 Å². The van der Waals surface area contributed by atoms with E-state index < -0.39 is 12.1 Å². The molecule has 0 aliphatic carbocycles. The number of carbonyl (C=O) groups is 1. The minimum Gasteiger partial charge on any atom is -0.496 e. The molecule has 1 fully saturated rings. The van der Waals surface area contributed by atoms with E-state index in [1.807, 2.05) is 18.2 Å². The summed E-state index contributed by atoms with van der Waals surface area (Å²) < 4.78 is 21.4. The van der Waals surface area contributed by atoms with Gasteiger partial charge < -0.3 is 18.9 Å². The standard InChI is InChI=1S/C15H20O5/c1-17-13-6-4-3-5-12(13)14(15(16)18-2)20-11-7-9-19-10-8-11/h3-6,11,14H,7-10H2,1-2H3. The molecular weight excluding hydrogens is 260 g/mol. The third-order valence-corrected chi connectivity index (χ3v) is 3.33. The highest BCUT2D eigenvalue weighted by Crippen LogP contribution is 2.31. The Balaban J connectivity index is 2.20. The molecule has 0 aromatic heterocycles. The van der Waals surface area contributed by atoms with E-state index >= 15 is 0 Å². The predicted molar refractivity (Wildman–Crippen MR) is 72.7 cm³/mol. The number of carbonyl (C=O) groups excluding carboxylic acids is 1. The summed E-state index contributed by atoms with van der Waals surface area (Å²) in [6.07, 6.45) is 0.794. The molecule has 1 unspecified atom stereocenters. The third-order valence-electron chi connectivity index (χ3n) is 3.33. The van der Waals surface area contributed by atoms with Gasteiger partial charge in [0.2, 0.25) is 0 Å². The van der Waals surface area contributed by atoms with Crippen molar-refractivity contribution in [1.82, 2.24) is 0 Å². The van der Waals surface area contributed by atoms with E-state index in [2.05, 4.69) is 0 Å². The van der Waals surface area contributed by atoms with E-state index in [9.17, 15) is 4.79 Å². The van der Waals surface area contributed by atoms with Gasteiger partial charge in [-0.2, -0.15) is 0 Å². The van der Waals surface area contributed by atoms with E-state index in [0.717, 1.165) is 12.8 Å². The zero-order chi connectivity index (χ0) is 14.4. The molecule has 5 heteroatoms. The number of para-hydroxylation sites is 1. The molecule has 1 atom stereocenters. The summed E-state index contributed by atoms with van der Waals surface area (Å²) in [6, 6.07) is 7.32. The van der Waals surface area contributed by atoms with Crippen molar-refractivity contribution in [2.45, 2.75) is 25.0 Å². The van der Waals surface area contributed by atoms with Crippen molar-refractivity contribution in [3.05, 3.63) is 29.8 Å². The van der Waals surface area contributed by atoms with Gasteiger partial charge in [0.15, 0.2) is 6.10 Å². The van der Waals surface area contributed by atoms with Crippen LogP contribution in [0, 0.1) is 0 Å². The zero-order valence-corrected chi connectivity index (χ0v) is 11.8. The van der Waals surface area contributed by atoms with E-state index in [1.54, 1.807) is 13.2 Å². The Hall–Kier alpha value is -1.59. The number of benzene rings is 1. The lowest BCUT2D eigenvalue weighted by atomic mass is 10.1. The lowest BCUT2D eigenvalue weighted by molar-refractivity contribution is -0.162. The van der Waals surface area contributed by atoms with E-state index in [0.29, 0.717) is 24.5 Å². The van der Waals surface area contributed by atoms with Crippen molar-refractivity contribution < 1.29 is 23.7 Å². The predicted octanol–water partition coefficient (Wildman–Crippen LogP) is 2.10. The van der Waals surface area contributed by atoms with Gasteiger partial charge >= 0.3 is 5.97 Å². The molecule has 110 valence electrons. The smallest absolute Gasteiger partial charge is 0.339 e. The lowest BCUT2D eigenvalue weighted by Gasteiger charge is -2.27. The van der Waals surface area contributed by atoms with Gasteiger partial charge in [-0.1, -0.05) is 18.2 Å². The lowest BCUT2D eigenvalue weighted by Crippen LogP contribution is -2.29. The third kappa shape index (κ3) is 3.49. The first-order chi connectivity index (χ1) is 9.76. The van der Waals surface area contributed by atoms with Crippen LogP contribution in [0.5, 0.6) is 5.75 Å². The quantitative estimate of drug-likeness (QED) is 0.773. The van der Waals surface area contributed by atoms with Crippen LogP contribution in [0.3, 0.4) is 0 Å². The molecule has 1 aromatic rings. The Morgan fingerprint density at radius 2 is 1.95 bits per heavy atom. The SMILES string of the molecule is COC(=O)C(OC1CCOCC1)c1ccccc1OC. The molecule has 0 spiro atoms. The molecule has 1 aliphatic heterocycles. The second-order valence-corrected chi connectivity index (χ2v) is 4.59. The van der Waals surface area contributed by atoms with Gasteiger partial charge in [0.05, 0.1) is 20.3 Å². The average Bonchev–Trinajstić information content (AvgIpc) is 2.53. The first kappa shape index (κ1) is 14.8. The number of rotatable bonds is 5. The highest BCUT2D eigenvalue weighted by Gasteiger charge is 2.29. The zero-order valence-electron chi connectivity index (χ0n) is 11.8. The van der Waals surface area contributed by atoms with Gasteiger partial charge in [-0.05, 0) is 18.9 Å². The fourth-order valence-electron chi connectivity index (χ4n) is 2.25. The maximum atomic E-state index is 12.0. The molecule has 1 heterocycles. The topological polar surface area (TPSA) is 54.0 Å². The Kier molecular flexibility index (Phi) is 5.38. The van der Waals surface area contributed by atoms with E-state index in [-0.39, 0.29) is 6.10 Å². The molecule has 1 aliphatic rings. The monoisotopic (exact) mass is 280 g/mol. The Morgan fingerprint density at radius 3 is 2.60 bits per heavy atom. The molecule has 1 aromatic carbocycles. The summed E-state index contributed by atoms with van der Waals surface area (Å²) in [6.45, 7) is 1.31. The van der Waals surface area contributed by atoms with Crippen molar-refractivity contribution in [3.63, 3.8) is 0 Å². The maximum Gasteiger partial charge on any atom is 0.339 e. The summed E-state index contributed by atoms with van der Waals surface area (Å²) in [5, 5.41) is 0. The normalized spacial score (nSPS) is 17.5. The minimum atomic E-state index is -0.765. The first-order valence-electron chi connectivity index (χ1n) is 6.70. The second kappa shape index (κ2) is 7.26. The minimum absolute atomic E-state index is 0.00207. The van der Waals surface area contributed by atoms with E-state index in [1.165, 1.54) is 7.11 Å². The van der Waals surface area contributed by atoms with Crippen molar-refractivity contribution in [2.24, 2.45) is 0 Å². The number of methoxy groups -OCH3 is 2. The van der Waals surface area contributed by atoms with E-state index in [4.69, 9.17) is 18.9 Å². The van der Waals surface area contributed by atoms with Crippen LogP contribution >= 0.6 is 0 Å². The molecule has 20 heavy (non-hydrogen) atoms. The molecule has 0 saturated carbocycles. The van der Waals surface area contributed by atoms with Crippen molar-refractivity contribution in [3.8, 4) is 5.75 Å². The van der Waals surface area contributed by atoms with Crippen LogP contribution in [0.25, 0.3) is 0 Å². The van der Waals surface area contributed by atoms with Crippen molar-refractivity contribution in [1.29, 1.82) is 0 Å². The van der Waals surface area contributed by atoms with Crippen LogP contribution < -0.4 is 4.74 Å². The first-order valence-corrected chi connectivity index (χ1v) is 6.70. The van der Waals surface area contributed by atoms with Crippen LogP contribution in [0.2, 0.25) is 0 Å². The Morgan fingerprint density at radius 1 is 1.25 bits per heavy atom. The summed E-state index contributed by atoms with van der Waals surface area (Å²) in [4.78, 5) is 12.0. The number of hydrogen-bond acceptors (Lipinski definition) is 5. The fourth-order valence-corrected chi connectivity index (χ4v) is 2.25. The molecule has 1 saturated heterocycles. The second-order valence-electron chi connectivity index (χ2n) is 4.59. The summed E-state index contributed by atoms with van der Waals surface area (Å²) in [5.74, 6) is 0.205. The Bertz CT molecular complexity index is 440. The average molecular weight is 280 g/mol. The molecule has 0 N–H and O–H groups in total. The summed E-state index contributed by atoms with van der Waals surface area (Å²) in [5.41, 5.74) is 0.688. The van der Waals surface area contributed by atoms with Crippen LogP contribution in [-0.4, -0.2) is 39.5 Å². The maximum absolute atomic E-state index is 12.0. The van der Waals surface area contributed by atoms with Crippen LogP contribution in [0.4, 0.5) is 0 Å². The van der Waals surface area contributed by atoms with Crippen molar-refractivity contribution >= 4 is 5.97 Å². The summed E-state index contributed by atoms with van der Waals surface area (Å²) >= 11 is 0. The van der Waals surface area contributed by atoms with Gasteiger partial charge in [-0.25, -0.2) is 4.79 Å². The van der Waals surface area contributed by atoms with Gasteiger partial charge in [0, 0.05) is 18.8 Å². The fraction of sp³-hybridized carbons (Fsp3) is 0.533. The number of ether oxygens (including phenoxy) is 4. The molecule has 0 bridgehead atoms. The molecule has 0 radical (unpaired) electrons. The molecular formula is C15H20O5. The number of esters is 1.